The second-order valence-electron chi connectivity index (χ2n) is 10.4. The molecule has 0 bridgehead atoms. The summed E-state index contributed by atoms with van der Waals surface area (Å²) in [6.07, 6.45) is 7.68. The van der Waals surface area contributed by atoms with E-state index in [0.29, 0.717) is 41.5 Å². The first-order valence-electron chi connectivity index (χ1n) is 13.3. The Morgan fingerprint density at radius 2 is 1.85 bits per heavy atom. The monoisotopic (exact) mass is 598 g/mol. The van der Waals surface area contributed by atoms with Gasteiger partial charge in [-0.2, -0.15) is 0 Å². The van der Waals surface area contributed by atoms with Crippen LogP contribution in [0.4, 0.5) is 10.5 Å². The van der Waals surface area contributed by atoms with E-state index in [4.69, 9.17) is 44.3 Å². The number of ether oxygens (including phenoxy) is 2. The van der Waals surface area contributed by atoms with E-state index in [1.54, 1.807) is 12.3 Å². The Labute approximate surface area is 248 Å². The number of carbonyl (C=O) groups excluding carboxylic acids is 1. The first kappa shape index (κ1) is 27.2. The average Bonchev–Trinajstić information content (AvgIpc) is 3.29. The number of hydrogen-bond acceptors (Lipinski definition) is 5. The number of likely N-dealkylation sites (tertiary alicyclic amines) is 1. The van der Waals surface area contributed by atoms with Crippen molar-refractivity contribution in [1.29, 1.82) is 0 Å². The molecular weight excluding hydrogens is 571 g/mol. The van der Waals surface area contributed by atoms with Crippen LogP contribution in [-0.2, 0) is 12.0 Å². The number of anilines is 1. The first-order chi connectivity index (χ1) is 19.4. The Kier molecular flexibility index (Phi) is 7.82. The molecule has 0 saturated carbocycles. The number of halogens is 3. The third-order valence-electron chi connectivity index (χ3n) is 7.88. The standard InChI is InChI=1S/C30H29Cl3N4O3/c31-22-4-3-20(16-23(22)32)2-1-11-36-12-8-30(9-13-36)19-37(29(38)35-18-21-7-10-34-26(33)17-21)24-5-6-25-28(27(24)30)40-15-14-39-25/h1-7,10,16-17H,8-9,11-15,18-19H2,(H,35,38)/b2-1+. The van der Waals surface area contributed by atoms with Crippen LogP contribution in [0.5, 0.6) is 11.5 Å². The van der Waals surface area contributed by atoms with E-state index in [9.17, 15) is 4.79 Å². The number of urea groups is 1. The molecule has 1 spiro atoms. The summed E-state index contributed by atoms with van der Waals surface area (Å²) in [7, 11) is 0. The molecule has 1 aromatic heterocycles. The number of pyridine rings is 1. The van der Waals surface area contributed by atoms with Gasteiger partial charge in [0.25, 0.3) is 0 Å². The van der Waals surface area contributed by atoms with Crippen LogP contribution >= 0.6 is 34.8 Å². The van der Waals surface area contributed by atoms with Gasteiger partial charge in [0.05, 0.1) is 15.7 Å². The molecule has 0 atom stereocenters. The third kappa shape index (κ3) is 5.48. The summed E-state index contributed by atoms with van der Waals surface area (Å²) in [4.78, 5) is 21.8. The number of benzene rings is 2. The van der Waals surface area contributed by atoms with Gasteiger partial charge in [0, 0.05) is 36.8 Å². The highest BCUT2D eigenvalue weighted by Crippen LogP contribution is 2.54. The number of carbonyl (C=O) groups is 1. The molecule has 2 aromatic carbocycles. The SMILES string of the molecule is O=C(NCc1ccnc(Cl)c1)N1CC2(CCN(C/C=C/c3ccc(Cl)c(Cl)c3)CC2)c2c1ccc1c2OCCO1. The van der Waals surface area contributed by atoms with E-state index in [1.807, 2.05) is 41.3 Å². The van der Waals surface area contributed by atoms with Gasteiger partial charge in [-0.25, -0.2) is 9.78 Å². The van der Waals surface area contributed by atoms with Crippen LogP contribution in [-0.4, -0.2) is 55.3 Å². The van der Waals surface area contributed by atoms with Crippen LogP contribution in [0.1, 0.15) is 29.5 Å². The molecule has 6 rings (SSSR count). The van der Waals surface area contributed by atoms with Gasteiger partial charge in [-0.05, 0) is 73.5 Å². The van der Waals surface area contributed by atoms with Crippen LogP contribution in [0.2, 0.25) is 15.2 Å². The summed E-state index contributed by atoms with van der Waals surface area (Å²) >= 11 is 18.2. The number of nitrogens with zero attached hydrogens (tertiary/aromatic N) is 3. The maximum atomic E-state index is 13.5. The van der Waals surface area contributed by atoms with Crippen molar-refractivity contribution in [2.24, 2.45) is 0 Å². The second-order valence-corrected chi connectivity index (χ2v) is 11.6. The molecule has 2 amide bonds. The number of nitrogens with one attached hydrogen (secondary N) is 1. The molecule has 1 fully saturated rings. The maximum Gasteiger partial charge on any atom is 0.322 e. The van der Waals surface area contributed by atoms with Gasteiger partial charge in [-0.3, -0.25) is 9.80 Å². The lowest BCUT2D eigenvalue weighted by atomic mass is 9.73. The lowest BCUT2D eigenvalue weighted by Gasteiger charge is -2.40. The van der Waals surface area contributed by atoms with E-state index in [0.717, 1.165) is 66.4 Å². The van der Waals surface area contributed by atoms with Gasteiger partial charge >= 0.3 is 6.03 Å². The number of piperidine rings is 1. The predicted molar refractivity (Wildman–Crippen MR) is 159 cm³/mol. The van der Waals surface area contributed by atoms with Crippen molar-refractivity contribution >= 4 is 52.6 Å². The molecule has 0 aliphatic carbocycles. The zero-order valence-electron chi connectivity index (χ0n) is 21.8. The molecule has 10 heteroatoms. The molecule has 0 unspecified atom stereocenters. The highest BCUT2D eigenvalue weighted by molar-refractivity contribution is 6.42. The normalized spacial score (nSPS) is 17.8. The van der Waals surface area contributed by atoms with Crippen LogP contribution in [0.25, 0.3) is 6.08 Å². The molecule has 3 aromatic rings. The van der Waals surface area contributed by atoms with Crippen molar-refractivity contribution in [1.82, 2.24) is 15.2 Å². The summed E-state index contributed by atoms with van der Waals surface area (Å²) in [5.41, 5.74) is 3.70. The highest BCUT2D eigenvalue weighted by atomic mass is 35.5. The maximum absolute atomic E-state index is 13.5. The molecule has 7 nitrogen and oxygen atoms in total. The van der Waals surface area contributed by atoms with Crippen LogP contribution < -0.4 is 19.7 Å². The van der Waals surface area contributed by atoms with Crippen molar-refractivity contribution < 1.29 is 14.3 Å². The summed E-state index contributed by atoms with van der Waals surface area (Å²) in [6, 6.07) is 13.0. The van der Waals surface area contributed by atoms with Crippen molar-refractivity contribution in [3.05, 3.63) is 86.6 Å². The van der Waals surface area contributed by atoms with E-state index in [1.165, 1.54) is 0 Å². The molecule has 0 radical (unpaired) electrons. The number of hydrogen-bond donors (Lipinski definition) is 1. The lowest BCUT2D eigenvalue weighted by molar-refractivity contribution is 0.154. The van der Waals surface area contributed by atoms with Gasteiger partial charge < -0.3 is 14.8 Å². The number of fused-ring (bicyclic) bond motifs is 4. The zero-order chi connectivity index (χ0) is 27.7. The quantitative estimate of drug-likeness (QED) is 0.335. The second kappa shape index (κ2) is 11.5. The average molecular weight is 600 g/mol. The Bertz CT molecular complexity index is 1460. The fourth-order valence-electron chi connectivity index (χ4n) is 5.84. The Morgan fingerprint density at radius 1 is 1.02 bits per heavy atom. The van der Waals surface area contributed by atoms with Crippen LogP contribution in [0.15, 0.2) is 54.7 Å². The summed E-state index contributed by atoms with van der Waals surface area (Å²) in [5, 5.41) is 4.57. The summed E-state index contributed by atoms with van der Waals surface area (Å²) in [6.45, 7) is 4.62. The van der Waals surface area contributed by atoms with E-state index in [-0.39, 0.29) is 11.4 Å². The van der Waals surface area contributed by atoms with E-state index < -0.39 is 0 Å². The Morgan fingerprint density at radius 3 is 2.65 bits per heavy atom. The van der Waals surface area contributed by atoms with E-state index in [2.05, 4.69) is 27.4 Å². The number of amides is 2. The smallest absolute Gasteiger partial charge is 0.322 e. The minimum Gasteiger partial charge on any atom is -0.486 e. The number of aromatic nitrogens is 1. The Hall–Kier alpha value is -2.97. The van der Waals surface area contributed by atoms with Gasteiger partial charge in [0.15, 0.2) is 11.5 Å². The third-order valence-corrected chi connectivity index (χ3v) is 8.83. The highest BCUT2D eigenvalue weighted by Gasteiger charge is 2.49. The molecule has 1 N–H and O–H groups in total. The van der Waals surface area contributed by atoms with Crippen molar-refractivity contribution in [3.63, 3.8) is 0 Å². The largest absolute Gasteiger partial charge is 0.486 e. The fourth-order valence-corrected chi connectivity index (χ4v) is 6.35. The van der Waals surface area contributed by atoms with Gasteiger partial charge in [0.1, 0.15) is 18.4 Å². The van der Waals surface area contributed by atoms with Crippen molar-refractivity contribution in [3.8, 4) is 11.5 Å². The molecule has 1 saturated heterocycles. The van der Waals surface area contributed by atoms with Crippen molar-refractivity contribution in [2.75, 3.05) is 44.3 Å². The van der Waals surface area contributed by atoms with Crippen molar-refractivity contribution in [2.45, 2.75) is 24.8 Å². The minimum atomic E-state index is -0.206. The topological polar surface area (TPSA) is 66.9 Å². The minimum absolute atomic E-state index is 0.144. The molecule has 40 heavy (non-hydrogen) atoms. The fraction of sp³-hybridized carbons (Fsp3) is 0.333. The van der Waals surface area contributed by atoms with Crippen LogP contribution in [0.3, 0.4) is 0 Å². The molecular formula is C30H29Cl3N4O3. The predicted octanol–water partition coefficient (Wildman–Crippen LogP) is 6.59. The van der Waals surface area contributed by atoms with Gasteiger partial charge in [0.2, 0.25) is 0 Å². The molecule has 4 heterocycles. The van der Waals surface area contributed by atoms with Gasteiger partial charge in [-0.1, -0.05) is 53.0 Å². The van der Waals surface area contributed by atoms with Gasteiger partial charge in [-0.15, -0.1) is 0 Å². The first-order valence-corrected chi connectivity index (χ1v) is 14.5. The van der Waals surface area contributed by atoms with Crippen LogP contribution in [0, 0.1) is 0 Å². The zero-order valence-corrected chi connectivity index (χ0v) is 24.1. The number of rotatable bonds is 5. The lowest BCUT2D eigenvalue weighted by Crippen LogP contribution is -2.47. The molecule has 3 aliphatic heterocycles. The summed E-state index contributed by atoms with van der Waals surface area (Å²) in [5.74, 6) is 1.54. The molecule has 3 aliphatic rings. The molecule has 208 valence electrons. The summed E-state index contributed by atoms with van der Waals surface area (Å²) < 4.78 is 12.1. The Balaban J connectivity index is 1.18. The van der Waals surface area contributed by atoms with E-state index >= 15 is 0 Å².